The molecule has 146 valence electrons. The zero-order valence-electron chi connectivity index (χ0n) is 15.0. The minimum absolute atomic E-state index is 0.127. The van der Waals surface area contributed by atoms with Gasteiger partial charge in [-0.2, -0.15) is 5.10 Å². The Morgan fingerprint density at radius 1 is 1.24 bits per heavy atom. The Labute approximate surface area is 173 Å². The van der Waals surface area contributed by atoms with Crippen molar-refractivity contribution in [2.24, 2.45) is 5.10 Å². The van der Waals surface area contributed by atoms with Crippen molar-refractivity contribution in [3.05, 3.63) is 59.8 Å². The first-order valence-corrected chi connectivity index (χ1v) is 10.7. The van der Waals surface area contributed by atoms with E-state index in [1.807, 2.05) is 23.6 Å². The second-order valence-electron chi connectivity index (χ2n) is 6.32. The molecule has 0 bridgehead atoms. The fourth-order valence-corrected chi connectivity index (χ4v) is 4.68. The molecule has 0 fully saturated rings. The van der Waals surface area contributed by atoms with Gasteiger partial charge in [0, 0.05) is 6.42 Å². The number of amides is 1. The van der Waals surface area contributed by atoms with Gasteiger partial charge in [-0.15, -0.1) is 11.3 Å². The molecule has 4 aromatic heterocycles. The van der Waals surface area contributed by atoms with E-state index < -0.39 is 0 Å². The first-order chi connectivity index (χ1) is 14.2. The highest BCUT2D eigenvalue weighted by Gasteiger charge is 2.35. The van der Waals surface area contributed by atoms with Gasteiger partial charge in [-0.3, -0.25) is 4.79 Å². The summed E-state index contributed by atoms with van der Waals surface area (Å²) in [6, 6.07) is 8.83. The molecule has 2 N–H and O–H groups in total. The predicted molar refractivity (Wildman–Crippen MR) is 111 cm³/mol. The quantitative estimate of drug-likeness (QED) is 0.381. The monoisotopic (exact) mass is 425 g/mol. The number of thiophene rings is 1. The van der Waals surface area contributed by atoms with Crippen LogP contribution in [0.2, 0.25) is 0 Å². The van der Waals surface area contributed by atoms with Crippen molar-refractivity contribution in [2.45, 2.75) is 17.6 Å². The average molecular weight is 425 g/mol. The molecule has 5 heterocycles. The van der Waals surface area contributed by atoms with Crippen LogP contribution in [0.5, 0.6) is 0 Å². The van der Waals surface area contributed by atoms with Crippen LogP contribution in [-0.2, 0) is 4.79 Å². The predicted octanol–water partition coefficient (Wildman–Crippen LogP) is 3.93. The number of hydrogen-bond acceptors (Lipinski definition) is 9. The SMILES string of the molecule is Nc1nc(SCC(=O)N2N=C(c3ccco3)C[C@H]2c2ccco2)nc2sccc12. The number of nitrogens with two attached hydrogens (primary N) is 1. The smallest absolute Gasteiger partial charge is 0.253 e. The van der Waals surface area contributed by atoms with Crippen LogP contribution in [0.25, 0.3) is 10.2 Å². The fourth-order valence-electron chi connectivity index (χ4n) is 3.15. The Morgan fingerprint density at radius 2 is 2.10 bits per heavy atom. The molecule has 5 rings (SSSR count). The number of anilines is 1. The highest BCUT2D eigenvalue weighted by atomic mass is 32.2. The fraction of sp³-hybridized carbons (Fsp3) is 0.158. The van der Waals surface area contributed by atoms with Crippen LogP contribution in [0.15, 0.2) is 67.3 Å². The summed E-state index contributed by atoms with van der Waals surface area (Å²) in [4.78, 5) is 22.5. The third kappa shape index (κ3) is 3.40. The summed E-state index contributed by atoms with van der Waals surface area (Å²) in [6.07, 6.45) is 3.69. The van der Waals surface area contributed by atoms with Crippen LogP contribution in [0.1, 0.15) is 24.0 Å². The number of carbonyl (C=O) groups excluding carboxylic acids is 1. The second-order valence-corrected chi connectivity index (χ2v) is 8.15. The lowest BCUT2D eigenvalue weighted by Gasteiger charge is -2.19. The minimum atomic E-state index is -0.316. The number of aromatic nitrogens is 2. The standard InChI is InChI=1S/C19H15N5O3S2/c20-17-11-5-8-28-18(11)22-19(21-17)29-10-16(25)24-13(15-4-2-7-27-15)9-12(23-24)14-3-1-6-26-14/h1-8,13H,9-10H2,(H2,20,21,22)/t13-/m0/s1. The van der Waals surface area contributed by atoms with Crippen LogP contribution >= 0.6 is 23.1 Å². The largest absolute Gasteiger partial charge is 0.467 e. The molecular weight excluding hydrogens is 410 g/mol. The summed E-state index contributed by atoms with van der Waals surface area (Å²) in [5.41, 5.74) is 6.69. The van der Waals surface area contributed by atoms with E-state index in [1.165, 1.54) is 28.1 Å². The molecule has 0 radical (unpaired) electrons. The van der Waals surface area contributed by atoms with Crippen molar-refractivity contribution in [3.63, 3.8) is 0 Å². The Balaban J connectivity index is 1.37. The topological polar surface area (TPSA) is 111 Å². The number of fused-ring (bicyclic) bond motifs is 1. The van der Waals surface area contributed by atoms with Crippen molar-refractivity contribution >= 4 is 50.8 Å². The average Bonchev–Trinajstić information content (AvgIpc) is 3.51. The van der Waals surface area contributed by atoms with E-state index in [0.717, 1.165) is 10.2 Å². The first kappa shape index (κ1) is 18.0. The van der Waals surface area contributed by atoms with Gasteiger partial charge in [-0.05, 0) is 35.7 Å². The number of carbonyl (C=O) groups is 1. The Bertz CT molecular complexity index is 1180. The van der Waals surface area contributed by atoms with E-state index in [9.17, 15) is 4.79 Å². The first-order valence-electron chi connectivity index (χ1n) is 8.79. The number of thioether (sulfide) groups is 1. The summed E-state index contributed by atoms with van der Waals surface area (Å²) < 4.78 is 11.0. The van der Waals surface area contributed by atoms with E-state index in [4.69, 9.17) is 14.6 Å². The maximum Gasteiger partial charge on any atom is 0.253 e. The van der Waals surface area contributed by atoms with Gasteiger partial charge in [0.25, 0.3) is 5.91 Å². The van der Waals surface area contributed by atoms with E-state index in [2.05, 4.69) is 15.1 Å². The molecule has 1 aliphatic heterocycles. The highest BCUT2D eigenvalue weighted by molar-refractivity contribution is 7.99. The number of nitrogens with zero attached hydrogens (tertiary/aromatic N) is 4. The molecule has 0 spiro atoms. The molecule has 0 aliphatic carbocycles. The molecule has 29 heavy (non-hydrogen) atoms. The summed E-state index contributed by atoms with van der Waals surface area (Å²) in [5, 5.41) is 9.18. The van der Waals surface area contributed by atoms with Crippen LogP contribution < -0.4 is 5.73 Å². The Hall–Kier alpha value is -3.11. The van der Waals surface area contributed by atoms with Gasteiger partial charge in [0.15, 0.2) is 5.16 Å². The molecule has 1 amide bonds. The van der Waals surface area contributed by atoms with E-state index >= 15 is 0 Å². The van der Waals surface area contributed by atoms with Gasteiger partial charge >= 0.3 is 0 Å². The van der Waals surface area contributed by atoms with Gasteiger partial charge in [0.05, 0.1) is 23.7 Å². The number of hydrazone groups is 1. The lowest BCUT2D eigenvalue weighted by atomic mass is 10.1. The van der Waals surface area contributed by atoms with Crippen LogP contribution in [0.3, 0.4) is 0 Å². The van der Waals surface area contributed by atoms with Gasteiger partial charge in [0.2, 0.25) is 0 Å². The number of nitrogen functional groups attached to an aromatic ring is 1. The van der Waals surface area contributed by atoms with E-state index in [-0.39, 0.29) is 17.7 Å². The highest BCUT2D eigenvalue weighted by Crippen LogP contribution is 2.34. The van der Waals surface area contributed by atoms with Gasteiger partial charge < -0.3 is 14.6 Å². The summed E-state index contributed by atoms with van der Waals surface area (Å²) in [5.74, 6) is 1.69. The third-order valence-electron chi connectivity index (χ3n) is 4.50. The Kier molecular flexibility index (Phi) is 4.57. The summed E-state index contributed by atoms with van der Waals surface area (Å²) in [6.45, 7) is 0. The summed E-state index contributed by atoms with van der Waals surface area (Å²) in [7, 11) is 0. The van der Waals surface area contributed by atoms with Crippen molar-refractivity contribution in [2.75, 3.05) is 11.5 Å². The van der Waals surface area contributed by atoms with E-state index in [0.29, 0.717) is 34.6 Å². The van der Waals surface area contributed by atoms with Crippen molar-refractivity contribution in [3.8, 4) is 0 Å². The van der Waals surface area contributed by atoms with Crippen LogP contribution in [-0.4, -0.2) is 32.3 Å². The Morgan fingerprint density at radius 3 is 2.90 bits per heavy atom. The molecule has 8 nitrogen and oxygen atoms in total. The zero-order valence-corrected chi connectivity index (χ0v) is 16.7. The molecule has 0 saturated carbocycles. The molecule has 0 aromatic carbocycles. The van der Waals surface area contributed by atoms with Crippen molar-refractivity contribution in [1.82, 2.24) is 15.0 Å². The van der Waals surface area contributed by atoms with Gasteiger partial charge in [0.1, 0.15) is 33.9 Å². The van der Waals surface area contributed by atoms with Gasteiger partial charge in [-0.25, -0.2) is 15.0 Å². The molecule has 10 heteroatoms. The number of furan rings is 2. The lowest BCUT2D eigenvalue weighted by Crippen LogP contribution is -2.28. The maximum absolute atomic E-state index is 13.0. The summed E-state index contributed by atoms with van der Waals surface area (Å²) >= 11 is 2.72. The molecule has 1 aliphatic rings. The third-order valence-corrected chi connectivity index (χ3v) is 6.14. The lowest BCUT2D eigenvalue weighted by molar-refractivity contribution is -0.130. The zero-order chi connectivity index (χ0) is 19.8. The van der Waals surface area contributed by atoms with Crippen molar-refractivity contribution in [1.29, 1.82) is 0 Å². The second kappa shape index (κ2) is 7.37. The number of hydrogen-bond donors (Lipinski definition) is 1. The molecule has 0 unspecified atom stereocenters. The normalized spacial score (nSPS) is 16.5. The number of rotatable bonds is 5. The van der Waals surface area contributed by atoms with Gasteiger partial charge in [-0.1, -0.05) is 11.8 Å². The minimum Gasteiger partial charge on any atom is -0.467 e. The van der Waals surface area contributed by atoms with E-state index in [1.54, 1.807) is 24.7 Å². The molecule has 4 aromatic rings. The van der Waals surface area contributed by atoms with Crippen molar-refractivity contribution < 1.29 is 13.6 Å². The van der Waals surface area contributed by atoms with Crippen LogP contribution in [0, 0.1) is 0 Å². The molecular formula is C19H15N5O3S2. The van der Waals surface area contributed by atoms with Crippen LogP contribution in [0.4, 0.5) is 5.82 Å². The maximum atomic E-state index is 13.0. The molecule has 0 saturated heterocycles. The molecule has 1 atom stereocenters.